The lowest BCUT2D eigenvalue weighted by Gasteiger charge is -2.32. The van der Waals surface area contributed by atoms with Gasteiger partial charge >= 0.3 is 7.12 Å². The van der Waals surface area contributed by atoms with Gasteiger partial charge in [0, 0.05) is 43.5 Å². The van der Waals surface area contributed by atoms with Gasteiger partial charge in [-0.25, -0.2) is 9.97 Å². The zero-order valence-electron chi connectivity index (χ0n) is 17.6. The molecule has 0 unspecified atom stereocenters. The number of aromatic nitrogens is 2. The van der Waals surface area contributed by atoms with E-state index in [1.165, 1.54) is 19.3 Å². The van der Waals surface area contributed by atoms with Crippen molar-refractivity contribution in [2.24, 2.45) is 5.92 Å². The number of β-amino-alcohol motifs (C(OH)–C–C–N with tert-alkyl or cyclic N) is 1. The highest BCUT2D eigenvalue weighted by Crippen LogP contribution is 2.36. The fraction of sp³-hybridized carbons (Fsp3) is 0.800. The van der Waals surface area contributed by atoms with Crippen molar-refractivity contribution in [2.75, 3.05) is 37.7 Å². The highest BCUT2D eigenvalue weighted by atomic mass is 16.7. The molecule has 0 spiro atoms. The van der Waals surface area contributed by atoms with Crippen molar-refractivity contribution in [3.8, 4) is 0 Å². The van der Waals surface area contributed by atoms with Gasteiger partial charge in [-0.1, -0.05) is 0 Å². The fourth-order valence-electron chi connectivity index (χ4n) is 4.05. The predicted octanol–water partition coefficient (Wildman–Crippen LogP) is 1.06. The van der Waals surface area contributed by atoms with Crippen LogP contribution in [-0.4, -0.2) is 77.1 Å². The van der Waals surface area contributed by atoms with E-state index in [0.29, 0.717) is 12.0 Å². The van der Waals surface area contributed by atoms with E-state index >= 15 is 0 Å². The standard InChI is InChI=1S/C20H33BN4O3/c1-19(2)20(3,4)28-21(27-19)16-11-22-18(23-12-16)25(17-5-6-17)14-15-7-8-24(13-15)9-10-26/h11-12,15,17,26H,5-10,13-14H2,1-4H3/t15-/m1/s1. The van der Waals surface area contributed by atoms with Crippen LogP contribution in [0, 0.1) is 5.92 Å². The number of anilines is 1. The second kappa shape index (κ2) is 7.56. The Balaban J connectivity index is 1.42. The first kappa shape index (κ1) is 20.1. The Morgan fingerprint density at radius 1 is 1.14 bits per heavy atom. The quantitative estimate of drug-likeness (QED) is 0.701. The SMILES string of the molecule is CC1(C)OB(c2cnc(N(C[C@@H]3CCN(CCO)C3)C3CC3)nc2)OC1(C)C. The number of likely N-dealkylation sites (tertiary alicyclic amines) is 1. The Bertz CT molecular complexity index is 665. The highest BCUT2D eigenvalue weighted by Gasteiger charge is 2.52. The summed E-state index contributed by atoms with van der Waals surface area (Å²) in [4.78, 5) is 14.1. The van der Waals surface area contributed by atoms with E-state index in [1.54, 1.807) is 0 Å². The molecule has 1 atom stereocenters. The minimum Gasteiger partial charge on any atom is -0.399 e. The first-order valence-corrected chi connectivity index (χ1v) is 10.6. The molecule has 0 amide bonds. The Labute approximate surface area is 168 Å². The van der Waals surface area contributed by atoms with E-state index < -0.39 is 7.12 Å². The van der Waals surface area contributed by atoms with Gasteiger partial charge < -0.3 is 24.2 Å². The molecule has 1 aromatic rings. The minimum atomic E-state index is -0.421. The van der Waals surface area contributed by atoms with Crippen LogP contribution in [0.25, 0.3) is 0 Å². The maximum atomic E-state index is 9.16. The van der Waals surface area contributed by atoms with E-state index in [9.17, 15) is 0 Å². The van der Waals surface area contributed by atoms with Crippen LogP contribution in [-0.2, 0) is 9.31 Å². The summed E-state index contributed by atoms with van der Waals surface area (Å²) >= 11 is 0. The summed E-state index contributed by atoms with van der Waals surface area (Å²) in [5.41, 5.74) is 0.145. The molecule has 2 saturated heterocycles. The monoisotopic (exact) mass is 388 g/mol. The first-order chi connectivity index (χ1) is 13.3. The largest absolute Gasteiger partial charge is 0.498 e. The number of hydrogen-bond donors (Lipinski definition) is 1. The summed E-state index contributed by atoms with van der Waals surface area (Å²) in [7, 11) is -0.421. The van der Waals surface area contributed by atoms with Crippen molar-refractivity contribution in [1.82, 2.24) is 14.9 Å². The molecule has 7 nitrogen and oxygen atoms in total. The van der Waals surface area contributed by atoms with Crippen LogP contribution in [0.5, 0.6) is 0 Å². The van der Waals surface area contributed by atoms with Gasteiger partial charge in [0.15, 0.2) is 0 Å². The number of nitrogens with zero attached hydrogens (tertiary/aromatic N) is 4. The van der Waals surface area contributed by atoms with Gasteiger partial charge in [0.05, 0.1) is 17.8 Å². The van der Waals surface area contributed by atoms with Gasteiger partial charge in [-0.15, -0.1) is 0 Å². The van der Waals surface area contributed by atoms with Crippen LogP contribution in [0.2, 0.25) is 0 Å². The number of aliphatic hydroxyl groups is 1. The summed E-state index contributed by atoms with van der Waals surface area (Å²) in [6, 6.07) is 0.564. The van der Waals surface area contributed by atoms with Crippen molar-refractivity contribution >= 4 is 18.5 Å². The third-order valence-corrected chi connectivity index (χ3v) is 6.67. The Morgan fingerprint density at radius 2 is 1.79 bits per heavy atom. The molecule has 1 aliphatic carbocycles. The molecule has 8 heteroatoms. The molecular weight excluding hydrogens is 355 g/mol. The summed E-state index contributed by atoms with van der Waals surface area (Å²) in [5, 5.41) is 9.16. The normalized spacial score (nSPS) is 26.8. The molecule has 154 valence electrons. The summed E-state index contributed by atoms with van der Waals surface area (Å²) in [6.45, 7) is 12.3. The van der Waals surface area contributed by atoms with E-state index in [-0.39, 0.29) is 17.8 Å². The molecule has 3 fully saturated rings. The zero-order valence-corrected chi connectivity index (χ0v) is 17.6. The molecule has 28 heavy (non-hydrogen) atoms. The third kappa shape index (κ3) is 4.06. The minimum absolute atomic E-state index is 0.239. The third-order valence-electron chi connectivity index (χ3n) is 6.67. The number of rotatable bonds is 7. The lowest BCUT2D eigenvalue weighted by molar-refractivity contribution is 0.00578. The molecule has 3 heterocycles. The smallest absolute Gasteiger partial charge is 0.399 e. The van der Waals surface area contributed by atoms with Gasteiger partial charge in [0.25, 0.3) is 0 Å². The van der Waals surface area contributed by atoms with Gasteiger partial charge in [0.2, 0.25) is 5.95 Å². The number of hydrogen-bond acceptors (Lipinski definition) is 7. The average molecular weight is 388 g/mol. The maximum Gasteiger partial charge on any atom is 0.498 e. The van der Waals surface area contributed by atoms with Crippen molar-refractivity contribution in [2.45, 2.75) is 64.2 Å². The average Bonchev–Trinajstić information content (AvgIpc) is 3.34. The molecule has 4 rings (SSSR count). The van der Waals surface area contributed by atoms with Gasteiger partial charge in [-0.05, 0) is 59.4 Å². The summed E-state index contributed by atoms with van der Waals surface area (Å²) < 4.78 is 12.2. The molecule has 1 saturated carbocycles. The molecule has 0 bridgehead atoms. The van der Waals surface area contributed by atoms with Crippen LogP contribution in [0.3, 0.4) is 0 Å². The molecule has 0 radical (unpaired) electrons. The van der Waals surface area contributed by atoms with E-state index in [4.69, 9.17) is 14.4 Å². The van der Waals surface area contributed by atoms with Crippen LogP contribution >= 0.6 is 0 Å². The second-order valence-electron chi connectivity index (χ2n) is 9.47. The molecular formula is C20H33BN4O3. The predicted molar refractivity (Wildman–Crippen MR) is 110 cm³/mol. The van der Waals surface area contributed by atoms with Crippen LogP contribution in [0.15, 0.2) is 12.4 Å². The molecule has 1 aromatic heterocycles. The number of aliphatic hydroxyl groups excluding tert-OH is 1. The highest BCUT2D eigenvalue weighted by molar-refractivity contribution is 6.61. The Hall–Kier alpha value is -1.22. The van der Waals surface area contributed by atoms with Crippen LogP contribution < -0.4 is 10.4 Å². The topological polar surface area (TPSA) is 71.0 Å². The Kier molecular flexibility index (Phi) is 5.42. The second-order valence-corrected chi connectivity index (χ2v) is 9.47. The Morgan fingerprint density at radius 3 is 2.36 bits per heavy atom. The lowest BCUT2D eigenvalue weighted by atomic mass is 9.81. The fourth-order valence-corrected chi connectivity index (χ4v) is 4.05. The summed E-state index contributed by atoms with van der Waals surface area (Å²) in [6.07, 6.45) is 7.32. The maximum absolute atomic E-state index is 9.16. The molecule has 3 aliphatic rings. The van der Waals surface area contributed by atoms with Crippen molar-refractivity contribution in [1.29, 1.82) is 0 Å². The lowest BCUT2D eigenvalue weighted by Crippen LogP contribution is -2.41. The summed E-state index contributed by atoms with van der Waals surface area (Å²) in [5.74, 6) is 1.42. The van der Waals surface area contributed by atoms with E-state index in [2.05, 4.69) is 47.5 Å². The van der Waals surface area contributed by atoms with Crippen molar-refractivity contribution in [3.05, 3.63) is 12.4 Å². The van der Waals surface area contributed by atoms with Crippen molar-refractivity contribution < 1.29 is 14.4 Å². The molecule has 0 aromatic carbocycles. The van der Waals surface area contributed by atoms with E-state index in [0.717, 1.165) is 37.6 Å². The molecule has 2 aliphatic heterocycles. The van der Waals surface area contributed by atoms with Gasteiger partial charge in [-0.3, -0.25) is 0 Å². The van der Waals surface area contributed by atoms with Crippen LogP contribution in [0.4, 0.5) is 5.95 Å². The van der Waals surface area contributed by atoms with E-state index in [1.807, 2.05) is 12.4 Å². The zero-order chi connectivity index (χ0) is 19.9. The van der Waals surface area contributed by atoms with Gasteiger partial charge in [0.1, 0.15) is 0 Å². The van der Waals surface area contributed by atoms with Gasteiger partial charge in [-0.2, -0.15) is 0 Å². The van der Waals surface area contributed by atoms with Crippen LogP contribution in [0.1, 0.15) is 47.0 Å². The van der Waals surface area contributed by atoms with Crippen molar-refractivity contribution in [3.63, 3.8) is 0 Å². The first-order valence-electron chi connectivity index (χ1n) is 10.6. The molecule has 1 N–H and O–H groups in total.